The number of nitrogens with two attached hydrogens (primary N) is 1. The van der Waals surface area contributed by atoms with Gasteiger partial charge in [0.15, 0.2) is 0 Å². The molecule has 1 aromatic carbocycles. The lowest BCUT2D eigenvalue weighted by atomic mass is 9.81. The van der Waals surface area contributed by atoms with Gasteiger partial charge in [0.25, 0.3) is 0 Å². The van der Waals surface area contributed by atoms with Crippen LogP contribution in [-0.4, -0.2) is 9.55 Å². The monoisotopic (exact) mass is 297 g/mol. The number of hydrogen-bond donors (Lipinski definition) is 1. The molecule has 0 atom stereocenters. The highest BCUT2D eigenvalue weighted by Crippen LogP contribution is 2.41. The van der Waals surface area contributed by atoms with Gasteiger partial charge < -0.3 is 10.3 Å². The summed E-state index contributed by atoms with van der Waals surface area (Å²) < 4.78 is 16.0. The molecule has 0 bridgehead atoms. The number of nitrogen functional groups attached to an aromatic ring is 1. The van der Waals surface area contributed by atoms with Crippen LogP contribution >= 0.6 is 15.9 Å². The molecule has 1 aliphatic rings. The molecule has 0 radical (unpaired) electrons. The summed E-state index contributed by atoms with van der Waals surface area (Å²) in [5.74, 6) is 0.928. The first-order valence-electron chi connectivity index (χ1n) is 5.68. The molecule has 2 aromatic rings. The standard InChI is InChI=1S/C12H13BrFN3/c1-6-2-7(3-6)17-11-5-9(14)8(13)4-10(11)16-12(17)15/h4-7H,2-3H2,1H3,(H2,15,16). The molecular formula is C12H13BrFN3. The smallest absolute Gasteiger partial charge is 0.201 e. The van der Waals surface area contributed by atoms with Crippen LogP contribution in [0.5, 0.6) is 0 Å². The summed E-state index contributed by atoms with van der Waals surface area (Å²) in [7, 11) is 0. The van der Waals surface area contributed by atoms with E-state index in [1.807, 2.05) is 4.57 Å². The van der Waals surface area contributed by atoms with Crippen molar-refractivity contribution in [1.82, 2.24) is 9.55 Å². The molecule has 17 heavy (non-hydrogen) atoms. The second-order valence-electron chi connectivity index (χ2n) is 4.83. The highest BCUT2D eigenvalue weighted by atomic mass is 79.9. The van der Waals surface area contributed by atoms with Crippen LogP contribution in [-0.2, 0) is 0 Å². The Bertz CT molecular complexity index is 587. The van der Waals surface area contributed by atoms with Gasteiger partial charge in [-0.25, -0.2) is 9.37 Å². The van der Waals surface area contributed by atoms with E-state index < -0.39 is 0 Å². The minimum atomic E-state index is -0.272. The van der Waals surface area contributed by atoms with Crippen LogP contribution in [0.3, 0.4) is 0 Å². The molecule has 3 nitrogen and oxygen atoms in total. The van der Waals surface area contributed by atoms with Gasteiger partial charge in [0.05, 0.1) is 15.5 Å². The molecular weight excluding hydrogens is 285 g/mol. The van der Waals surface area contributed by atoms with Crippen LogP contribution < -0.4 is 5.73 Å². The molecule has 5 heteroatoms. The zero-order valence-corrected chi connectivity index (χ0v) is 11.0. The summed E-state index contributed by atoms with van der Waals surface area (Å²) in [6.07, 6.45) is 2.18. The van der Waals surface area contributed by atoms with Gasteiger partial charge in [-0.05, 0) is 40.8 Å². The van der Waals surface area contributed by atoms with Gasteiger partial charge in [0, 0.05) is 12.1 Å². The zero-order chi connectivity index (χ0) is 12.2. The maximum absolute atomic E-state index is 13.6. The van der Waals surface area contributed by atoms with Crippen LogP contribution in [0, 0.1) is 11.7 Å². The first-order valence-corrected chi connectivity index (χ1v) is 6.48. The number of anilines is 1. The van der Waals surface area contributed by atoms with Crippen LogP contribution in [0.25, 0.3) is 11.0 Å². The molecule has 0 aliphatic heterocycles. The Balaban J connectivity index is 2.17. The number of rotatable bonds is 1. The van der Waals surface area contributed by atoms with Gasteiger partial charge in [0.2, 0.25) is 5.95 Å². The Labute approximate surface area is 107 Å². The second kappa shape index (κ2) is 3.70. The predicted octanol–water partition coefficient (Wildman–Crippen LogP) is 3.49. The summed E-state index contributed by atoms with van der Waals surface area (Å²) in [5, 5.41) is 0. The number of aromatic nitrogens is 2. The Morgan fingerprint density at radius 3 is 2.82 bits per heavy atom. The van der Waals surface area contributed by atoms with Gasteiger partial charge in [-0.1, -0.05) is 6.92 Å². The van der Waals surface area contributed by atoms with E-state index in [0.717, 1.165) is 29.8 Å². The van der Waals surface area contributed by atoms with Crippen molar-refractivity contribution < 1.29 is 4.39 Å². The average molecular weight is 298 g/mol. The van der Waals surface area contributed by atoms with Crippen molar-refractivity contribution in [2.75, 3.05) is 5.73 Å². The van der Waals surface area contributed by atoms with E-state index in [9.17, 15) is 4.39 Å². The fourth-order valence-corrected chi connectivity index (χ4v) is 2.89. The summed E-state index contributed by atoms with van der Waals surface area (Å²) in [5.41, 5.74) is 7.46. The van der Waals surface area contributed by atoms with Crippen molar-refractivity contribution >= 4 is 32.9 Å². The number of fused-ring (bicyclic) bond motifs is 1. The lowest BCUT2D eigenvalue weighted by molar-refractivity contribution is 0.223. The third kappa shape index (κ3) is 1.64. The number of hydrogen-bond acceptors (Lipinski definition) is 2. The first-order chi connectivity index (χ1) is 8.06. The van der Waals surface area contributed by atoms with Gasteiger partial charge in [-0.3, -0.25) is 0 Å². The number of nitrogens with zero attached hydrogens (tertiary/aromatic N) is 2. The average Bonchev–Trinajstić information content (AvgIpc) is 2.51. The molecule has 1 fully saturated rings. The van der Waals surface area contributed by atoms with Crippen LogP contribution in [0.2, 0.25) is 0 Å². The van der Waals surface area contributed by atoms with Crippen molar-refractivity contribution in [3.05, 3.63) is 22.4 Å². The van der Waals surface area contributed by atoms with Crippen LogP contribution in [0.15, 0.2) is 16.6 Å². The van der Waals surface area contributed by atoms with E-state index in [1.54, 1.807) is 6.07 Å². The molecule has 90 valence electrons. The maximum atomic E-state index is 13.6. The minimum absolute atomic E-state index is 0.272. The largest absolute Gasteiger partial charge is 0.369 e. The Kier molecular flexibility index (Phi) is 2.40. The van der Waals surface area contributed by atoms with Crippen molar-refractivity contribution in [2.24, 2.45) is 5.92 Å². The Morgan fingerprint density at radius 2 is 2.18 bits per heavy atom. The molecule has 0 unspecified atom stereocenters. The summed E-state index contributed by atoms with van der Waals surface area (Å²) >= 11 is 3.16. The molecule has 0 amide bonds. The predicted molar refractivity (Wildman–Crippen MR) is 69.2 cm³/mol. The zero-order valence-electron chi connectivity index (χ0n) is 9.45. The fraction of sp³-hybridized carbons (Fsp3) is 0.417. The lowest BCUT2D eigenvalue weighted by Gasteiger charge is -2.34. The molecule has 1 aliphatic carbocycles. The number of benzene rings is 1. The topological polar surface area (TPSA) is 43.8 Å². The fourth-order valence-electron chi connectivity index (χ4n) is 2.56. The van der Waals surface area contributed by atoms with Gasteiger partial charge in [0.1, 0.15) is 5.82 Å². The Hall–Kier alpha value is -1.10. The van der Waals surface area contributed by atoms with Crippen molar-refractivity contribution in [3.8, 4) is 0 Å². The minimum Gasteiger partial charge on any atom is -0.369 e. The molecule has 1 saturated carbocycles. The van der Waals surface area contributed by atoms with E-state index in [2.05, 4.69) is 27.8 Å². The highest BCUT2D eigenvalue weighted by Gasteiger charge is 2.29. The quantitative estimate of drug-likeness (QED) is 0.875. The summed E-state index contributed by atoms with van der Waals surface area (Å²) in [6, 6.07) is 3.56. The maximum Gasteiger partial charge on any atom is 0.201 e. The third-order valence-electron chi connectivity index (χ3n) is 3.47. The number of halogens is 2. The first kappa shape index (κ1) is 11.0. The van der Waals surface area contributed by atoms with Crippen molar-refractivity contribution in [3.63, 3.8) is 0 Å². The Morgan fingerprint density at radius 1 is 1.47 bits per heavy atom. The van der Waals surface area contributed by atoms with E-state index in [0.29, 0.717) is 16.5 Å². The van der Waals surface area contributed by atoms with Crippen LogP contribution in [0.1, 0.15) is 25.8 Å². The van der Waals surface area contributed by atoms with E-state index in [1.165, 1.54) is 6.07 Å². The molecule has 3 rings (SSSR count). The van der Waals surface area contributed by atoms with Gasteiger partial charge in [-0.15, -0.1) is 0 Å². The normalized spacial score (nSPS) is 23.9. The third-order valence-corrected chi connectivity index (χ3v) is 4.08. The molecule has 0 spiro atoms. The number of imidazole rings is 1. The van der Waals surface area contributed by atoms with Gasteiger partial charge in [-0.2, -0.15) is 0 Å². The molecule has 1 heterocycles. The molecule has 0 saturated heterocycles. The highest BCUT2D eigenvalue weighted by molar-refractivity contribution is 9.10. The second-order valence-corrected chi connectivity index (χ2v) is 5.68. The molecule has 1 aromatic heterocycles. The van der Waals surface area contributed by atoms with Crippen molar-refractivity contribution in [2.45, 2.75) is 25.8 Å². The van der Waals surface area contributed by atoms with E-state index in [4.69, 9.17) is 5.73 Å². The van der Waals surface area contributed by atoms with E-state index in [-0.39, 0.29) is 5.82 Å². The SMILES string of the molecule is CC1CC(n2c(N)nc3cc(Br)c(F)cc32)C1. The molecule has 2 N–H and O–H groups in total. The van der Waals surface area contributed by atoms with Gasteiger partial charge >= 0.3 is 0 Å². The van der Waals surface area contributed by atoms with Crippen LogP contribution in [0.4, 0.5) is 10.3 Å². The van der Waals surface area contributed by atoms with Crippen molar-refractivity contribution in [1.29, 1.82) is 0 Å². The summed E-state index contributed by atoms with van der Waals surface area (Å²) in [6.45, 7) is 2.21. The van der Waals surface area contributed by atoms with E-state index >= 15 is 0 Å². The summed E-state index contributed by atoms with van der Waals surface area (Å²) in [4.78, 5) is 4.29. The lowest BCUT2D eigenvalue weighted by Crippen LogP contribution is -2.25.